The number of hydrogen-bond donors (Lipinski definition) is 0. The minimum absolute atomic E-state index is 0.708. The molecule has 0 atom stereocenters. The second-order valence-electron chi connectivity index (χ2n) is 46.2. The molecule has 0 amide bonds. The van der Waals surface area contributed by atoms with E-state index in [2.05, 4.69) is 220 Å². The predicted octanol–water partition coefficient (Wildman–Crippen LogP) is 42.5. The number of aryl methyl sites for hydroxylation is 4. The van der Waals surface area contributed by atoms with Crippen molar-refractivity contribution in [2.45, 2.75) is 580 Å². The molecule has 0 fully saturated rings. The summed E-state index contributed by atoms with van der Waals surface area (Å²) in [7, 11) is -5.32. The minimum atomic E-state index is -1.33. The van der Waals surface area contributed by atoms with Gasteiger partial charge in [-0.15, -0.1) is 0 Å². The molecule has 0 saturated carbocycles. The molecule has 0 bridgehead atoms. The van der Waals surface area contributed by atoms with Gasteiger partial charge in [-0.05, 0) is 207 Å². The Hall–Kier alpha value is -3.02. The van der Waals surface area contributed by atoms with Crippen molar-refractivity contribution >= 4 is 55.1 Å². The van der Waals surface area contributed by atoms with Crippen LogP contribution in [0.3, 0.4) is 0 Å². The van der Waals surface area contributed by atoms with E-state index in [-0.39, 0.29) is 0 Å². The molecule has 4 aromatic rings. The van der Waals surface area contributed by atoms with E-state index in [9.17, 15) is 11.1 Å². The number of hydrogen-bond acceptors (Lipinski definition) is 2. The van der Waals surface area contributed by atoms with Gasteiger partial charge < -0.3 is 11.1 Å². The summed E-state index contributed by atoms with van der Waals surface area (Å²) >= 11 is 1.96. The van der Waals surface area contributed by atoms with E-state index in [1.54, 1.807) is 14.5 Å². The maximum atomic E-state index is 12.5. The van der Waals surface area contributed by atoms with E-state index in [0.29, 0.717) is 13.2 Å². The van der Waals surface area contributed by atoms with Crippen molar-refractivity contribution in [1.82, 2.24) is 0 Å². The van der Waals surface area contributed by atoms with E-state index in [1.807, 2.05) is 13.8 Å². The number of unbranched alkanes of at least 4 members (excludes halogenated alkanes) is 45. The number of nitrogens with zero attached hydrogens (tertiary/aromatic N) is 4. The average Bonchev–Trinajstić information content (AvgIpc) is 1.59. The molecule has 0 spiro atoms. The molecular formula is C124H220N4NiO2PdSi4. The van der Waals surface area contributed by atoms with Gasteiger partial charge in [0.2, 0.25) is 22.8 Å². The maximum absolute atomic E-state index is 12.5. The van der Waals surface area contributed by atoms with Crippen LogP contribution >= 0.6 is 0 Å². The number of benzene rings is 4. The van der Waals surface area contributed by atoms with Crippen LogP contribution in [0.1, 0.15) is 509 Å². The third-order valence-electron chi connectivity index (χ3n) is 26.7. The van der Waals surface area contributed by atoms with E-state index in [0.717, 1.165) is 145 Å². The Balaban J connectivity index is 0.000000508. The van der Waals surface area contributed by atoms with Crippen LogP contribution in [0.25, 0.3) is 33.9 Å². The standard InChI is InChI=1S/C40H68N2Si4.C36H52N2.2C22H45.2C2H5O.Ni.Pd/c1-15-17-19-37-38(20-18-16-2)40(36-25-33(29-45(9,10)11)22-34(26-36)30-46(12,13)14)42(41)39(37)35-23-31(27-43(3,4)5)21-32(24-35)28-44(6,7)8;1-6-11-16-28-21-29(17-12-7-2)24-33(23-28)35-27-32(20-15-10-5)36(38(35)37)34-25-30(18-13-8-3)22-31(26-34)19-14-9-4;2*1-3-5-7-9-11-13-15-17-19-21-22-20-18-16-14-12-10-8-6-4-2;2*1-2-3;;/h21-26H,15-20,27-30H2,1-14H3;21-27H,6-20H2,1-5H3;2*1,3-22H2,2H3;2*2H2,1H3;;/q;;;;2*-1;+2;. The summed E-state index contributed by atoms with van der Waals surface area (Å²) < 4.78 is 12.8. The Bertz CT molecular complexity index is 3620. The van der Waals surface area contributed by atoms with Crippen LogP contribution in [0, 0.1) is 0 Å². The van der Waals surface area contributed by atoms with Crippen LogP contribution in [0.5, 0.6) is 0 Å². The van der Waals surface area contributed by atoms with Crippen molar-refractivity contribution < 1.29 is 50.2 Å². The van der Waals surface area contributed by atoms with Crippen molar-refractivity contribution in [3.05, 3.63) is 173 Å². The van der Waals surface area contributed by atoms with Crippen molar-refractivity contribution in [1.29, 1.82) is 0 Å². The van der Waals surface area contributed by atoms with Gasteiger partial charge in [-0.2, -0.15) is 0 Å². The van der Waals surface area contributed by atoms with Crippen molar-refractivity contribution in [3.8, 4) is 0 Å². The molecule has 2 aliphatic rings. The zero-order valence-electron chi connectivity index (χ0n) is 94.0. The van der Waals surface area contributed by atoms with Crippen LogP contribution in [0.4, 0.5) is 0 Å². The second kappa shape index (κ2) is 78.4. The summed E-state index contributed by atoms with van der Waals surface area (Å²) in [5.74, 6) is 0. The third kappa shape index (κ3) is 60.7. The first-order chi connectivity index (χ1) is 65.5. The van der Waals surface area contributed by atoms with Gasteiger partial charge in [0.25, 0.3) is 0 Å². The fraction of sp³-hybridized carbons (Fsp3) is 0.742. The topological polar surface area (TPSA) is 69.1 Å². The van der Waals surface area contributed by atoms with E-state index in [1.165, 1.54) is 415 Å². The molecule has 6 rings (SSSR count). The van der Waals surface area contributed by atoms with Gasteiger partial charge in [0.15, 0.2) is 0 Å². The fourth-order valence-corrected chi connectivity index (χ4v) is 27.7. The molecule has 0 unspecified atom stereocenters. The van der Waals surface area contributed by atoms with Gasteiger partial charge in [-0.25, -0.2) is 9.39 Å². The molecule has 0 aromatic heterocycles. The molecular weight excluding hydrogens is 1850 g/mol. The third-order valence-corrected chi connectivity index (χ3v) is 35.6. The number of rotatable bonds is 79. The monoisotopic (exact) mass is 2070 g/mol. The Morgan fingerprint density at radius 1 is 0.235 bits per heavy atom. The first-order valence-corrected chi connectivity index (χ1v) is 76.0. The van der Waals surface area contributed by atoms with Crippen LogP contribution in [0.2, 0.25) is 88.4 Å². The van der Waals surface area contributed by atoms with Gasteiger partial charge in [-0.1, -0.05) is 326 Å². The quantitative estimate of drug-likeness (QED) is 0.0251. The first-order valence-electron chi connectivity index (χ1n) is 58.2. The molecule has 4 aromatic carbocycles. The number of allylic oxidation sites excluding steroid dienone is 4. The molecule has 2 heterocycles. The van der Waals surface area contributed by atoms with E-state index >= 15 is 0 Å². The van der Waals surface area contributed by atoms with Gasteiger partial charge in [-0.3, -0.25) is 0 Å². The van der Waals surface area contributed by atoms with Crippen LogP contribution < -0.4 is 0 Å². The predicted molar refractivity (Wildman–Crippen MR) is 612 cm³/mol. The van der Waals surface area contributed by atoms with Gasteiger partial charge in [0.1, 0.15) is 0 Å². The SMILES string of the molecule is CCCCC1=C(c2cc(CCCC)cc(CCCC)c2)[N+](=[N-])C(c2cc(CCCC)cc(CCCC)c2)=C1.CCCCC1=C(c2cc(C[Si](C)(C)C)cc(C[Si](C)(C)C)c2)[N+](=[N-])C(c2cc(C[Si](C)(C)C)cc(C[Si](C)(C)C)c2)=C1CCCC.CCCCCCCCCCCCCCCCCCCCC[CH2][Pd][CH2]CCCCCCCCCCCCCCCCCCCCC.CC[O][Ni][O]CC. The molecule has 0 N–H and O–H groups in total. The molecule has 0 aliphatic carbocycles. The molecule has 784 valence electrons. The molecule has 12 heteroatoms. The Morgan fingerprint density at radius 3 is 0.699 bits per heavy atom. The summed E-state index contributed by atoms with van der Waals surface area (Å²) in [5.41, 5.74) is 48.7. The zero-order valence-corrected chi connectivity index (χ0v) is 101. The van der Waals surface area contributed by atoms with Crippen molar-refractivity contribution in [3.63, 3.8) is 0 Å². The molecule has 6 nitrogen and oxygen atoms in total. The Kier molecular flexibility index (Phi) is 73.3. The van der Waals surface area contributed by atoms with Gasteiger partial charge in [0.05, 0.1) is 0 Å². The van der Waals surface area contributed by atoms with Gasteiger partial charge >= 0.3 is 219 Å². The summed E-state index contributed by atoms with van der Waals surface area (Å²) in [4.78, 5) is 3.10. The van der Waals surface area contributed by atoms with Crippen LogP contribution in [-0.2, 0) is 90.7 Å². The summed E-state index contributed by atoms with van der Waals surface area (Å²) in [6.45, 7) is 55.5. The molecule has 0 saturated heterocycles. The van der Waals surface area contributed by atoms with Gasteiger partial charge in [0, 0.05) is 77.3 Å². The van der Waals surface area contributed by atoms with Crippen LogP contribution in [0.15, 0.2) is 95.6 Å². The zero-order chi connectivity index (χ0) is 99.9. The van der Waals surface area contributed by atoms with Crippen molar-refractivity contribution in [2.24, 2.45) is 0 Å². The van der Waals surface area contributed by atoms with Crippen LogP contribution in [-0.4, -0.2) is 54.9 Å². The van der Waals surface area contributed by atoms with Crippen molar-refractivity contribution in [2.75, 3.05) is 13.2 Å². The Morgan fingerprint density at radius 2 is 0.449 bits per heavy atom. The van der Waals surface area contributed by atoms with E-state index < -0.39 is 32.3 Å². The summed E-state index contributed by atoms with van der Waals surface area (Å²) in [6.07, 6.45) is 85.7. The first kappa shape index (κ1) is 127. The molecule has 0 radical (unpaired) electrons. The fourth-order valence-electron chi connectivity index (χ4n) is 19.7. The molecule has 2 aliphatic heterocycles. The summed E-state index contributed by atoms with van der Waals surface area (Å²) in [6, 6.07) is 33.6. The average molecular weight is 2080 g/mol. The summed E-state index contributed by atoms with van der Waals surface area (Å²) in [5, 5.41) is 0. The van der Waals surface area contributed by atoms with E-state index in [4.69, 9.17) is 7.76 Å². The second-order valence-corrected chi connectivity index (χ2v) is 71.2. The molecule has 136 heavy (non-hydrogen) atoms. The Labute approximate surface area is 865 Å². The normalized spacial score (nSPS) is 13.2.